The summed E-state index contributed by atoms with van der Waals surface area (Å²) in [7, 11) is 0. The van der Waals surface area contributed by atoms with Gasteiger partial charge in [0.2, 0.25) is 0 Å². The zero-order chi connectivity index (χ0) is 21.9. The van der Waals surface area contributed by atoms with E-state index in [4.69, 9.17) is 9.72 Å². The predicted molar refractivity (Wildman–Crippen MR) is 121 cm³/mol. The molecule has 0 amide bonds. The van der Waals surface area contributed by atoms with Crippen molar-refractivity contribution < 1.29 is 9.53 Å². The monoisotopic (exact) mass is 416 g/mol. The van der Waals surface area contributed by atoms with E-state index < -0.39 is 5.60 Å². The topological polar surface area (TPSA) is 61.2 Å². The number of hydrogen-bond acceptors (Lipinski definition) is 4. The number of carbonyl (C=O) groups excluding carboxylic acids is 1. The summed E-state index contributed by atoms with van der Waals surface area (Å²) in [6.07, 6.45) is 2.09. The molecule has 2 aromatic heterocycles. The highest BCUT2D eigenvalue weighted by molar-refractivity contribution is 5.92. The Hall–Kier alpha value is -2.79. The summed E-state index contributed by atoms with van der Waals surface area (Å²) in [4.78, 5) is 31.7. The summed E-state index contributed by atoms with van der Waals surface area (Å²) >= 11 is 0. The number of fused-ring (bicyclic) bond motifs is 5. The number of pyridine rings is 2. The molecule has 0 N–H and O–H groups in total. The Labute approximate surface area is 182 Å². The number of nitrogens with zero attached hydrogens (tertiary/aromatic N) is 2. The fourth-order valence-corrected chi connectivity index (χ4v) is 5.50. The van der Waals surface area contributed by atoms with Crippen LogP contribution in [0.2, 0.25) is 0 Å². The van der Waals surface area contributed by atoms with Gasteiger partial charge < -0.3 is 9.30 Å². The van der Waals surface area contributed by atoms with Gasteiger partial charge in [0.25, 0.3) is 5.56 Å². The molecular weight excluding hydrogens is 388 g/mol. The minimum absolute atomic E-state index is 0.00529. The molecule has 0 saturated carbocycles. The highest BCUT2D eigenvalue weighted by Gasteiger charge is 2.46. The van der Waals surface area contributed by atoms with Crippen molar-refractivity contribution in [2.75, 3.05) is 0 Å². The molecule has 3 heterocycles. The average Bonchev–Trinajstić information content (AvgIpc) is 3.12. The van der Waals surface area contributed by atoms with Crippen molar-refractivity contribution in [3.63, 3.8) is 0 Å². The summed E-state index contributed by atoms with van der Waals surface area (Å²) in [5, 5.41) is 1.15. The number of aromatic nitrogens is 2. The summed E-state index contributed by atoms with van der Waals surface area (Å²) in [5.74, 6) is 0.0690. The fraction of sp³-hybridized carbons (Fsp3) is 0.423. The summed E-state index contributed by atoms with van der Waals surface area (Å²) in [6, 6.07) is 10.2. The quantitative estimate of drug-likeness (QED) is 0.490. The zero-order valence-corrected chi connectivity index (χ0v) is 18.6. The number of ketones is 1. The van der Waals surface area contributed by atoms with Crippen LogP contribution in [0.15, 0.2) is 35.1 Å². The lowest BCUT2D eigenvalue weighted by molar-refractivity contribution is -0.155. The molecule has 5 heteroatoms. The third-order valence-corrected chi connectivity index (χ3v) is 6.85. The van der Waals surface area contributed by atoms with Gasteiger partial charge in [-0.25, -0.2) is 4.98 Å². The van der Waals surface area contributed by atoms with Gasteiger partial charge in [-0.15, -0.1) is 0 Å². The fourth-order valence-electron chi connectivity index (χ4n) is 5.50. The van der Waals surface area contributed by atoms with Crippen LogP contribution >= 0.6 is 0 Å². The van der Waals surface area contributed by atoms with E-state index in [9.17, 15) is 9.59 Å². The van der Waals surface area contributed by atoms with Gasteiger partial charge in [0.15, 0.2) is 11.4 Å². The van der Waals surface area contributed by atoms with Gasteiger partial charge in [-0.1, -0.05) is 32.0 Å². The number of aryl methyl sites for hydroxylation is 1. The lowest BCUT2D eigenvalue weighted by Gasteiger charge is -2.38. The summed E-state index contributed by atoms with van der Waals surface area (Å²) < 4.78 is 8.11. The summed E-state index contributed by atoms with van der Waals surface area (Å²) in [5.41, 5.74) is 5.39. The van der Waals surface area contributed by atoms with Crippen LogP contribution in [-0.2, 0) is 34.5 Å². The molecule has 0 unspecified atom stereocenters. The first-order chi connectivity index (χ1) is 14.9. The first-order valence-corrected chi connectivity index (χ1v) is 11.3. The van der Waals surface area contributed by atoms with E-state index in [1.807, 2.05) is 49.6 Å². The smallest absolute Gasteiger partial charge is 0.254 e. The van der Waals surface area contributed by atoms with Crippen molar-refractivity contribution in [1.82, 2.24) is 9.55 Å². The number of Topliss-reactive ketones (excluding diaryl/α,β-unsaturated/α-hetero) is 1. The molecule has 5 rings (SSSR count). The van der Waals surface area contributed by atoms with Crippen molar-refractivity contribution in [1.29, 1.82) is 0 Å². The molecule has 31 heavy (non-hydrogen) atoms. The van der Waals surface area contributed by atoms with Crippen LogP contribution < -0.4 is 5.56 Å². The molecule has 5 nitrogen and oxygen atoms in total. The Balaban J connectivity index is 1.81. The van der Waals surface area contributed by atoms with Crippen LogP contribution in [0.5, 0.6) is 0 Å². The highest BCUT2D eigenvalue weighted by atomic mass is 16.5. The molecule has 1 aliphatic carbocycles. The second-order valence-corrected chi connectivity index (χ2v) is 8.87. The zero-order valence-electron chi connectivity index (χ0n) is 18.6. The maximum Gasteiger partial charge on any atom is 0.254 e. The molecule has 2 aliphatic rings. The molecule has 3 aromatic rings. The SMILES string of the molecule is CCc1c2c(nc3ccccc13)-c1cc3c(c(=O)n1C2)CCC(=O)[C@@]3(CC)OC(C)C. The molecular formula is C26H28N2O3. The average molecular weight is 417 g/mol. The Morgan fingerprint density at radius 3 is 2.61 bits per heavy atom. The van der Waals surface area contributed by atoms with Crippen LogP contribution in [0.25, 0.3) is 22.3 Å². The largest absolute Gasteiger partial charge is 0.360 e. The van der Waals surface area contributed by atoms with E-state index in [1.165, 1.54) is 5.56 Å². The van der Waals surface area contributed by atoms with Crippen molar-refractivity contribution in [2.45, 2.75) is 71.6 Å². The van der Waals surface area contributed by atoms with Crippen molar-refractivity contribution >= 4 is 16.7 Å². The van der Waals surface area contributed by atoms with Gasteiger partial charge in [-0.3, -0.25) is 9.59 Å². The molecule has 0 spiro atoms. The number of ether oxygens (including phenoxy) is 1. The number of carbonyl (C=O) groups is 1. The van der Waals surface area contributed by atoms with Gasteiger partial charge in [-0.2, -0.15) is 0 Å². The van der Waals surface area contributed by atoms with E-state index in [2.05, 4.69) is 13.0 Å². The van der Waals surface area contributed by atoms with E-state index in [-0.39, 0.29) is 17.4 Å². The Morgan fingerprint density at radius 2 is 1.90 bits per heavy atom. The van der Waals surface area contributed by atoms with Gasteiger partial charge in [0.05, 0.1) is 29.6 Å². The van der Waals surface area contributed by atoms with Crippen LogP contribution in [-0.4, -0.2) is 21.4 Å². The minimum atomic E-state index is -1.05. The standard InChI is InChI=1S/C26H28N2O3/c1-5-16-17-9-7-8-10-21(17)27-24-19(16)14-28-22(24)13-20-18(25(28)30)11-12-23(29)26(20,6-2)31-15(3)4/h7-10,13,15H,5-6,11-12,14H2,1-4H3/t26-/m0/s1. The van der Waals surface area contributed by atoms with E-state index in [0.717, 1.165) is 45.4 Å². The lowest BCUT2D eigenvalue weighted by Crippen LogP contribution is -2.46. The van der Waals surface area contributed by atoms with Crippen LogP contribution in [0.4, 0.5) is 0 Å². The highest BCUT2D eigenvalue weighted by Crippen LogP contribution is 2.42. The van der Waals surface area contributed by atoms with Crippen molar-refractivity contribution in [3.8, 4) is 11.4 Å². The van der Waals surface area contributed by atoms with Gasteiger partial charge in [0.1, 0.15) is 0 Å². The molecule has 160 valence electrons. The normalized spacial score (nSPS) is 19.6. The van der Waals surface area contributed by atoms with Gasteiger partial charge in [-0.05, 0) is 50.8 Å². The molecule has 0 fully saturated rings. The number of para-hydroxylation sites is 1. The molecule has 0 saturated heterocycles. The number of benzene rings is 1. The van der Waals surface area contributed by atoms with E-state index >= 15 is 0 Å². The first kappa shape index (κ1) is 20.1. The number of hydrogen-bond donors (Lipinski definition) is 0. The van der Waals surface area contributed by atoms with Crippen LogP contribution in [0, 0.1) is 0 Å². The number of rotatable bonds is 4. The van der Waals surface area contributed by atoms with Crippen LogP contribution in [0.3, 0.4) is 0 Å². The molecule has 1 aliphatic heterocycles. The van der Waals surface area contributed by atoms with Crippen molar-refractivity contribution in [2.24, 2.45) is 0 Å². The molecule has 0 bridgehead atoms. The summed E-state index contributed by atoms with van der Waals surface area (Å²) in [6.45, 7) is 8.53. The maximum atomic E-state index is 13.6. The van der Waals surface area contributed by atoms with Crippen LogP contribution in [0.1, 0.15) is 62.8 Å². The molecule has 0 radical (unpaired) electrons. The van der Waals surface area contributed by atoms with Gasteiger partial charge >= 0.3 is 0 Å². The second kappa shape index (κ2) is 7.13. The third kappa shape index (κ3) is 2.76. The first-order valence-electron chi connectivity index (χ1n) is 11.3. The third-order valence-electron chi connectivity index (χ3n) is 6.85. The predicted octanol–water partition coefficient (Wildman–Crippen LogP) is 4.53. The Bertz CT molecular complexity index is 1290. The molecule has 1 aromatic carbocycles. The van der Waals surface area contributed by atoms with Crippen molar-refractivity contribution in [3.05, 3.63) is 62.9 Å². The minimum Gasteiger partial charge on any atom is -0.360 e. The Morgan fingerprint density at radius 1 is 1.13 bits per heavy atom. The molecule has 1 atom stereocenters. The van der Waals surface area contributed by atoms with E-state index in [0.29, 0.717) is 25.8 Å². The van der Waals surface area contributed by atoms with E-state index in [1.54, 1.807) is 0 Å². The lowest BCUT2D eigenvalue weighted by atomic mass is 9.76. The Kier molecular flexibility index (Phi) is 4.63. The van der Waals surface area contributed by atoms with Gasteiger partial charge in [0, 0.05) is 28.5 Å². The second-order valence-electron chi connectivity index (χ2n) is 8.87. The maximum absolute atomic E-state index is 13.6.